The van der Waals surface area contributed by atoms with Crippen LogP contribution in [0.15, 0.2) is 48.7 Å². The second kappa shape index (κ2) is 6.89. The molecule has 0 unspecified atom stereocenters. The Kier molecular flexibility index (Phi) is 4.49. The SMILES string of the molecule is Cc1cc(-c2ccc3nc(C4CC(C)(C)NC(C)(C)C4)ccc3c2)cc2cn(C)nc12. The molecule has 4 nitrogen and oxygen atoms in total. The summed E-state index contributed by atoms with van der Waals surface area (Å²) in [5.41, 5.74) is 7.27. The van der Waals surface area contributed by atoms with E-state index in [4.69, 9.17) is 4.98 Å². The molecule has 0 spiro atoms. The number of nitrogens with zero attached hydrogens (tertiary/aromatic N) is 3. The third-order valence-corrected chi connectivity index (χ3v) is 6.57. The van der Waals surface area contributed by atoms with E-state index in [9.17, 15) is 0 Å². The zero-order chi connectivity index (χ0) is 22.0. The lowest BCUT2D eigenvalue weighted by Crippen LogP contribution is -2.57. The van der Waals surface area contributed by atoms with Crippen LogP contribution in [-0.4, -0.2) is 25.8 Å². The standard InChI is InChI=1S/C27H32N4/c1-17-11-20(13-21-16-31(6)29-25(17)21)18-7-9-23-19(12-18)8-10-24(28-23)22-14-26(2,3)30-27(4,5)15-22/h7-13,16,22,30H,14-15H2,1-6H3. The molecule has 1 N–H and O–H groups in total. The second-order valence-corrected chi connectivity index (χ2v) is 10.7. The van der Waals surface area contributed by atoms with Crippen LogP contribution in [0.5, 0.6) is 0 Å². The quantitative estimate of drug-likeness (QED) is 0.431. The van der Waals surface area contributed by atoms with Gasteiger partial charge in [-0.2, -0.15) is 5.10 Å². The van der Waals surface area contributed by atoms with Gasteiger partial charge in [-0.1, -0.05) is 12.1 Å². The van der Waals surface area contributed by atoms with Gasteiger partial charge in [-0.25, -0.2) is 0 Å². The molecule has 0 aliphatic carbocycles. The zero-order valence-corrected chi connectivity index (χ0v) is 19.5. The fourth-order valence-corrected chi connectivity index (χ4v) is 5.68. The number of fused-ring (bicyclic) bond motifs is 2. The number of aromatic nitrogens is 3. The molecule has 3 heterocycles. The van der Waals surface area contributed by atoms with Crippen LogP contribution in [-0.2, 0) is 7.05 Å². The summed E-state index contributed by atoms with van der Waals surface area (Å²) in [6.07, 6.45) is 4.30. The van der Waals surface area contributed by atoms with E-state index in [2.05, 4.69) is 93.7 Å². The van der Waals surface area contributed by atoms with Gasteiger partial charge < -0.3 is 5.32 Å². The molecule has 5 rings (SSSR count). The molecule has 0 saturated carbocycles. The van der Waals surface area contributed by atoms with Crippen molar-refractivity contribution in [2.75, 3.05) is 0 Å². The van der Waals surface area contributed by atoms with E-state index >= 15 is 0 Å². The predicted octanol–water partition coefficient (Wildman–Crippen LogP) is 6.12. The molecule has 0 amide bonds. The minimum Gasteiger partial charge on any atom is -0.307 e. The summed E-state index contributed by atoms with van der Waals surface area (Å²) in [4.78, 5) is 5.09. The van der Waals surface area contributed by atoms with Crippen molar-refractivity contribution in [3.8, 4) is 11.1 Å². The van der Waals surface area contributed by atoms with E-state index in [1.54, 1.807) is 0 Å². The molecule has 2 aromatic carbocycles. The molecule has 0 bridgehead atoms. The van der Waals surface area contributed by atoms with Crippen LogP contribution in [0.4, 0.5) is 0 Å². The Balaban J connectivity index is 1.51. The molecule has 4 heteroatoms. The number of rotatable bonds is 2. The number of pyridine rings is 1. The van der Waals surface area contributed by atoms with Gasteiger partial charge in [-0.15, -0.1) is 0 Å². The molecule has 0 radical (unpaired) electrons. The van der Waals surface area contributed by atoms with Crippen molar-refractivity contribution in [2.45, 2.75) is 64.5 Å². The summed E-state index contributed by atoms with van der Waals surface area (Å²) in [6, 6.07) is 15.6. The van der Waals surface area contributed by atoms with Crippen molar-refractivity contribution in [3.63, 3.8) is 0 Å². The minimum absolute atomic E-state index is 0.121. The third-order valence-electron chi connectivity index (χ3n) is 6.57. The minimum atomic E-state index is 0.121. The van der Waals surface area contributed by atoms with Crippen molar-refractivity contribution >= 4 is 21.8 Å². The number of piperidine rings is 1. The summed E-state index contributed by atoms with van der Waals surface area (Å²) >= 11 is 0. The lowest BCUT2D eigenvalue weighted by molar-refractivity contribution is 0.160. The van der Waals surface area contributed by atoms with E-state index in [0.717, 1.165) is 23.9 Å². The van der Waals surface area contributed by atoms with E-state index in [0.29, 0.717) is 5.92 Å². The van der Waals surface area contributed by atoms with Crippen molar-refractivity contribution in [1.29, 1.82) is 0 Å². The lowest BCUT2D eigenvalue weighted by atomic mass is 9.74. The maximum absolute atomic E-state index is 5.09. The van der Waals surface area contributed by atoms with Crippen LogP contribution in [0.3, 0.4) is 0 Å². The Bertz CT molecular complexity index is 1280. The van der Waals surface area contributed by atoms with Crippen LogP contribution in [0.25, 0.3) is 32.9 Å². The predicted molar refractivity (Wildman–Crippen MR) is 129 cm³/mol. The fourth-order valence-electron chi connectivity index (χ4n) is 5.68. The van der Waals surface area contributed by atoms with Gasteiger partial charge in [0.05, 0.1) is 11.0 Å². The Morgan fingerprint density at radius 1 is 0.903 bits per heavy atom. The number of hydrogen-bond donors (Lipinski definition) is 1. The molecule has 1 aliphatic rings. The highest BCUT2D eigenvalue weighted by molar-refractivity contribution is 5.90. The van der Waals surface area contributed by atoms with E-state index in [1.165, 1.54) is 33.2 Å². The van der Waals surface area contributed by atoms with Crippen molar-refractivity contribution < 1.29 is 0 Å². The molecule has 1 saturated heterocycles. The first-order valence-electron chi connectivity index (χ1n) is 11.2. The molecule has 31 heavy (non-hydrogen) atoms. The van der Waals surface area contributed by atoms with Gasteiger partial charge in [-0.05, 0) is 94.5 Å². The van der Waals surface area contributed by atoms with Gasteiger partial charge in [-0.3, -0.25) is 9.67 Å². The van der Waals surface area contributed by atoms with Crippen LogP contribution in [0.2, 0.25) is 0 Å². The van der Waals surface area contributed by atoms with Crippen LogP contribution >= 0.6 is 0 Å². The highest BCUT2D eigenvalue weighted by atomic mass is 15.2. The summed E-state index contributed by atoms with van der Waals surface area (Å²) in [5.74, 6) is 0.478. The molecule has 1 aliphatic heterocycles. The highest BCUT2D eigenvalue weighted by Crippen LogP contribution is 2.39. The Hall–Kier alpha value is -2.72. The van der Waals surface area contributed by atoms with E-state index in [-0.39, 0.29) is 11.1 Å². The number of benzene rings is 2. The van der Waals surface area contributed by atoms with Crippen LogP contribution in [0, 0.1) is 6.92 Å². The van der Waals surface area contributed by atoms with Gasteiger partial charge >= 0.3 is 0 Å². The summed E-state index contributed by atoms with van der Waals surface area (Å²) < 4.78 is 1.89. The molecule has 4 aromatic rings. The number of nitrogens with one attached hydrogen (secondary N) is 1. The lowest BCUT2D eigenvalue weighted by Gasteiger charge is -2.46. The highest BCUT2D eigenvalue weighted by Gasteiger charge is 2.38. The van der Waals surface area contributed by atoms with Crippen molar-refractivity contribution in [2.24, 2.45) is 7.05 Å². The first kappa shape index (κ1) is 20.2. The molecule has 2 aromatic heterocycles. The monoisotopic (exact) mass is 412 g/mol. The van der Waals surface area contributed by atoms with Gasteiger partial charge in [0.25, 0.3) is 0 Å². The maximum atomic E-state index is 5.09. The van der Waals surface area contributed by atoms with E-state index in [1.807, 2.05) is 11.7 Å². The average molecular weight is 413 g/mol. The first-order valence-corrected chi connectivity index (χ1v) is 11.2. The Labute approximate surface area is 184 Å². The smallest absolute Gasteiger partial charge is 0.0952 e. The molecular formula is C27H32N4. The number of aryl methyl sites for hydroxylation is 2. The Morgan fingerprint density at radius 3 is 2.35 bits per heavy atom. The summed E-state index contributed by atoms with van der Waals surface area (Å²) in [5, 5.41) is 10.7. The van der Waals surface area contributed by atoms with Gasteiger partial charge in [0.2, 0.25) is 0 Å². The van der Waals surface area contributed by atoms with Gasteiger partial charge in [0.15, 0.2) is 0 Å². The van der Waals surface area contributed by atoms with Crippen LogP contribution in [0.1, 0.15) is 57.7 Å². The largest absolute Gasteiger partial charge is 0.307 e. The molecule has 0 atom stereocenters. The fraction of sp³-hybridized carbons (Fsp3) is 0.407. The maximum Gasteiger partial charge on any atom is 0.0952 e. The first-order chi connectivity index (χ1) is 14.6. The van der Waals surface area contributed by atoms with E-state index < -0.39 is 0 Å². The van der Waals surface area contributed by atoms with Gasteiger partial charge in [0.1, 0.15) is 0 Å². The summed E-state index contributed by atoms with van der Waals surface area (Å²) in [7, 11) is 1.98. The van der Waals surface area contributed by atoms with Crippen molar-refractivity contribution in [3.05, 3.63) is 59.9 Å². The molecule has 160 valence electrons. The average Bonchev–Trinajstić information content (AvgIpc) is 3.05. The second-order valence-electron chi connectivity index (χ2n) is 10.7. The third kappa shape index (κ3) is 3.85. The number of hydrogen-bond acceptors (Lipinski definition) is 3. The normalized spacial score (nSPS) is 18.6. The summed E-state index contributed by atoms with van der Waals surface area (Å²) in [6.45, 7) is 11.3. The molecule has 1 fully saturated rings. The van der Waals surface area contributed by atoms with Crippen molar-refractivity contribution in [1.82, 2.24) is 20.1 Å². The zero-order valence-electron chi connectivity index (χ0n) is 19.5. The topological polar surface area (TPSA) is 42.7 Å². The Morgan fingerprint density at radius 2 is 1.61 bits per heavy atom. The molecular weight excluding hydrogens is 380 g/mol. The van der Waals surface area contributed by atoms with Crippen LogP contribution < -0.4 is 5.32 Å². The van der Waals surface area contributed by atoms with Gasteiger partial charge in [0, 0.05) is 46.7 Å².